The summed E-state index contributed by atoms with van der Waals surface area (Å²) in [6, 6.07) is 10.6. The molecule has 2 aromatic rings. The lowest BCUT2D eigenvalue weighted by Gasteiger charge is -2.11. The Kier molecular flexibility index (Phi) is 7.73. The molecule has 2 N–H and O–H groups in total. The quantitative estimate of drug-likeness (QED) is 0.258. The van der Waals surface area contributed by atoms with E-state index >= 15 is 0 Å². The number of hydrogen-bond acceptors (Lipinski definition) is 5. The monoisotopic (exact) mass is 396 g/mol. The zero-order chi connectivity index (χ0) is 21.2. The molecule has 29 heavy (non-hydrogen) atoms. The van der Waals surface area contributed by atoms with Crippen LogP contribution < -0.4 is 9.47 Å². The van der Waals surface area contributed by atoms with Crippen LogP contribution in [0.25, 0.3) is 6.08 Å². The Hall–Kier alpha value is -3.87. The number of allylic oxidation sites excluding steroid dienone is 1. The third kappa shape index (κ3) is 6.66. The van der Waals surface area contributed by atoms with E-state index in [4.69, 9.17) is 19.7 Å². The molecule has 0 aliphatic rings. The molecule has 0 aliphatic heterocycles. The van der Waals surface area contributed by atoms with Crippen molar-refractivity contribution in [2.45, 2.75) is 6.42 Å². The van der Waals surface area contributed by atoms with Gasteiger partial charge in [-0.25, -0.2) is 9.59 Å². The van der Waals surface area contributed by atoms with Gasteiger partial charge in [0.25, 0.3) is 0 Å². The summed E-state index contributed by atoms with van der Waals surface area (Å²) in [7, 11) is 0. The predicted molar refractivity (Wildman–Crippen MR) is 107 cm³/mol. The molecule has 7 heteroatoms. The minimum atomic E-state index is -1.17. The molecule has 0 aromatic heterocycles. The van der Waals surface area contributed by atoms with E-state index in [-0.39, 0.29) is 16.9 Å². The topological polar surface area (TPSA) is 110 Å². The van der Waals surface area contributed by atoms with Gasteiger partial charge in [0.15, 0.2) is 12.4 Å². The molecule has 0 saturated heterocycles. The molecule has 0 unspecified atom stereocenters. The maximum absolute atomic E-state index is 12.6. The average Bonchev–Trinajstić information content (AvgIpc) is 2.71. The highest BCUT2D eigenvalue weighted by Gasteiger charge is 2.13. The number of carbonyl (C=O) groups excluding carboxylic acids is 1. The van der Waals surface area contributed by atoms with Crippen LogP contribution in [-0.2, 0) is 4.79 Å². The molecular formula is C22H20O7. The molecule has 150 valence electrons. The van der Waals surface area contributed by atoms with Crippen LogP contribution in [0.5, 0.6) is 11.5 Å². The number of aromatic carboxylic acids is 1. The van der Waals surface area contributed by atoms with E-state index in [0.717, 1.165) is 0 Å². The minimum absolute atomic E-state index is 0.0966. The fourth-order valence-electron chi connectivity index (χ4n) is 2.31. The van der Waals surface area contributed by atoms with Crippen LogP contribution in [0.4, 0.5) is 0 Å². The standard InChI is InChI=1S/C22H20O7/c1-2-3-12-28-17-9-10-18(20(13-17)29-14-21(24)25)19(23)11-6-15-4-7-16(8-5-15)22(26)27/h2,4-11,13H,1,3,12,14H2,(H,24,25)(H,26,27). The number of carbonyl (C=O) groups is 3. The zero-order valence-electron chi connectivity index (χ0n) is 15.5. The van der Waals surface area contributed by atoms with Crippen molar-refractivity contribution in [1.82, 2.24) is 0 Å². The minimum Gasteiger partial charge on any atom is -0.493 e. The highest BCUT2D eigenvalue weighted by atomic mass is 16.5. The summed E-state index contributed by atoms with van der Waals surface area (Å²) in [6.45, 7) is 3.39. The van der Waals surface area contributed by atoms with E-state index < -0.39 is 24.3 Å². The van der Waals surface area contributed by atoms with E-state index in [1.54, 1.807) is 24.3 Å². The smallest absolute Gasteiger partial charge is 0.341 e. The second-order valence-corrected chi connectivity index (χ2v) is 5.89. The van der Waals surface area contributed by atoms with Crippen molar-refractivity contribution in [3.8, 4) is 11.5 Å². The predicted octanol–water partition coefficient (Wildman–Crippen LogP) is 3.70. The third-order valence-electron chi connectivity index (χ3n) is 3.75. The summed E-state index contributed by atoms with van der Waals surface area (Å²) in [5.41, 5.74) is 0.964. The fourth-order valence-corrected chi connectivity index (χ4v) is 2.31. The van der Waals surface area contributed by atoms with Crippen LogP contribution >= 0.6 is 0 Å². The first-order valence-electron chi connectivity index (χ1n) is 8.69. The van der Waals surface area contributed by atoms with Crippen LogP contribution in [0, 0.1) is 0 Å². The van der Waals surface area contributed by atoms with Gasteiger partial charge in [0.05, 0.1) is 17.7 Å². The van der Waals surface area contributed by atoms with Gasteiger partial charge in [-0.2, -0.15) is 0 Å². The molecule has 0 aliphatic carbocycles. The van der Waals surface area contributed by atoms with Gasteiger partial charge >= 0.3 is 11.9 Å². The van der Waals surface area contributed by atoms with Gasteiger partial charge < -0.3 is 19.7 Å². The molecule has 2 rings (SSSR count). The molecule has 0 spiro atoms. The maximum atomic E-state index is 12.6. The van der Waals surface area contributed by atoms with Gasteiger partial charge in [0, 0.05) is 6.07 Å². The SMILES string of the molecule is C=CCCOc1ccc(C(=O)C=Cc2ccc(C(=O)O)cc2)c(OCC(=O)O)c1. The lowest BCUT2D eigenvalue weighted by Crippen LogP contribution is -2.12. The summed E-state index contributed by atoms with van der Waals surface area (Å²) in [6.07, 6.45) is 5.17. The summed E-state index contributed by atoms with van der Waals surface area (Å²) < 4.78 is 10.8. The van der Waals surface area contributed by atoms with Crippen molar-refractivity contribution < 1.29 is 34.1 Å². The Morgan fingerprint density at radius 3 is 2.34 bits per heavy atom. The van der Waals surface area contributed by atoms with Gasteiger partial charge in [-0.05, 0) is 42.3 Å². The van der Waals surface area contributed by atoms with Gasteiger partial charge in [-0.15, -0.1) is 6.58 Å². The van der Waals surface area contributed by atoms with Gasteiger partial charge in [-0.3, -0.25) is 4.79 Å². The second kappa shape index (κ2) is 10.5. The zero-order valence-corrected chi connectivity index (χ0v) is 15.5. The van der Waals surface area contributed by atoms with Crippen molar-refractivity contribution >= 4 is 23.8 Å². The van der Waals surface area contributed by atoms with E-state index in [9.17, 15) is 14.4 Å². The first kappa shape index (κ1) is 21.4. The number of ketones is 1. The molecule has 0 heterocycles. The fraction of sp³-hybridized carbons (Fsp3) is 0.136. The molecule has 0 amide bonds. The van der Waals surface area contributed by atoms with Crippen molar-refractivity contribution in [1.29, 1.82) is 0 Å². The molecule has 0 radical (unpaired) electrons. The molecule has 7 nitrogen and oxygen atoms in total. The Balaban J connectivity index is 2.20. The Bertz CT molecular complexity index is 927. The number of benzene rings is 2. The van der Waals surface area contributed by atoms with Gasteiger partial charge in [0.2, 0.25) is 0 Å². The van der Waals surface area contributed by atoms with Crippen LogP contribution in [0.3, 0.4) is 0 Å². The third-order valence-corrected chi connectivity index (χ3v) is 3.75. The van der Waals surface area contributed by atoms with E-state index in [1.807, 2.05) is 0 Å². The van der Waals surface area contributed by atoms with Crippen molar-refractivity contribution in [3.05, 3.63) is 77.9 Å². The second-order valence-electron chi connectivity index (χ2n) is 5.89. The number of rotatable bonds is 11. The lowest BCUT2D eigenvalue weighted by molar-refractivity contribution is -0.139. The summed E-state index contributed by atoms with van der Waals surface area (Å²) in [4.78, 5) is 34.3. The Morgan fingerprint density at radius 2 is 1.72 bits per heavy atom. The highest BCUT2D eigenvalue weighted by molar-refractivity contribution is 6.08. The lowest BCUT2D eigenvalue weighted by atomic mass is 10.1. The van der Waals surface area contributed by atoms with Crippen molar-refractivity contribution in [2.24, 2.45) is 0 Å². The number of carboxylic acids is 2. The summed E-state index contributed by atoms with van der Waals surface area (Å²) >= 11 is 0. The van der Waals surface area contributed by atoms with Crippen molar-refractivity contribution in [3.63, 3.8) is 0 Å². The van der Waals surface area contributed by atoms with E-state index in [1.165, 1.54) is 36.4 Å². The highest BCUT2D eigenvalue weighted by Crippen LogP contribution is 2.26. The Labute approximate surface area is 167 Å². The van der Waals surface area contributed by atoms with Crippen LogP contribution in [-0.4, -0.2) is 41.1 Å². The van der Waals surface area contributed by atoms with E-state index in [0.29, 0.717) is 24.3 Å². The summed E-state index contributed by atoms with van der Waals surface area (Å²) in [5.74, 6) is -2.07. The number of hydrogen-bond donors (Lipinski definition) is 2. The molecule has 0 fully saturated rings. The van der Waals surface area contributed by atoms with Crippen LogP contribution in [0.1, 0.15) is 32.7 Å². The van der Waals surface area contributed by atoms with Crippen LogP contribution in [0.15, 0.2) is 61.2 Å². The molecule has 0 bridgehead atoms. The first-order chi connectivity index (χ1) is 13.9. The normalized spacial score (nSPS) is 10.5. The van der Waals surface area contributed by atoms with Gasteiger partial charge in [0.1, 0.15) is 11.5 Å². The molecular weight excluding hydrogens is 376 g/mol. The number of ether oxygens (including phenoxy) is 2. The summed E-state index contributed by atoms with van der Waals surface area (Å²) in [5, 5.41) is 17.8. The maximum Gasteiger partial charge on any atom is 0.341 e. The largest absolute Gasteiger partial charge is 0.493 e. The Morgan fingerprint density at radius 1 is 1.00 bits per heavy atom. The molecule has 0 saturated carbocycles. The average molecular weight is 396 g/mol. The number of carboxylic acid groups (broad SMARTS) is 2. The van der Waals surface area contributed by atoms with Gasteiger partial charge in [-0.1, -0.05) is 24.3 Å². The molecule has 2 aromatic carbocycles. The first-order valence-corrected chi connectivity index (χ1v) is 8.69. The van der Waals surface area contributed by atoms with Crippen molar-refractivity contribution in [2.75, 3.05) is 13.2 Å². The van der Waals surface area contributed by atoms with Crippen LogP contribution in [0.2, 0.25) is 0 Å². The van der Waals surface area contributed by atoms with E-state index in [2.05, 4.69) is 6.58 Å². The number of aliphatic carboxylic acids is 1. The molecule has 0 atom stereocenters.